The van der Waals surface area contributed by atoms with E-state index < -0.39 is 5.82 Å². The van der Waals surface area contributed by atoms with E-state index in [1.807, 2.05) is 11.9 Å². The van der Waals surface area contributed by atoms with Gasteiger partial charge in [0, 0.05) is 31.7 Å². The zero-order valence-electron chi connectivity index (χ0n) is 9.13. The fourth-order valence-electron chi connectivity index (χ4n) is 1.82. The predicted octanol–water partition coefficient (Wildman–Crippen LogP) is 2.11. The summed E-state index contributed by atoms with van der Waals surface area (Å²) in [5.74, 6) is -0.734. The third-order valence-electron chi connectivity index (χ3n) is 2.79. The minimum Gasteiger partial charge on any atom is -0.371 e. The average molecular weight is 287 g/mol. The highest BCUT2D eigenvalue weighted by molar-refractivity contribution is 9.10. The van der Waals surface area contributed by atoms with Crippen LogP contribution in [-0.4, -0.2) is 38.0 Å². The zero-order chi connectivity index (χ0) is 11.9. The molecule has 0 unspecified atom stereocenters. The molecule has 1 aromatic rings. The van der Waals surface area contributed by atoms with Crippen molar-refractivity contribution < 1.29 is 9.18 Å². The van der Waals surface area contributed by atoms with Gasteiger partial charge >= 0.3 is 0 Å². The molecule has 1 aliphatic heterocycles. The minimum atomic E-state index is -0.469. The molecule has 0 atom stereocenters. The molecular formula is C11H12BrFN2O. The van der Waals surface area contributed by atoms with Gasteiger partial charge in [0.1, 0.15) is 5.82 Å². The first kappa shape index (κ1) is 11.4. The lowest BCUT2D eigenvalue weighted by Crippen LogP contribution is -2.30. The Bertz CT molecular complexity index is 450. The van der Waals surface area contributed by atoms with Crippen molar-refractivity contribution in [3.8, 4) is 0 Å². The summed E-state index contributed by atoms with van der Waals surface area (Å²) in [6, 6.07) is 2.94. The highest BCUT2D eigenvalue weighted by atomic mass is 79.9. The molecule has 5 heteroatoms. The summed E-state index contributed by atoms with van der Waals surface area (Å²) < 4.78 is 14.5. The maximum atomic E-state index is 13.7. The van der Waals surface area contributed by atoms with Crippen LogP contribution < -0.4 is 4.90 Å². The Kier molecular flexibility index (Phi) is 2.88. The van der Waals surface area contributed by atoms with Crippen LogP contribution in [0.5, 0.6) is 0 Å². The maximum Gasteiger partial charge on any atom is 0.258 e. The lowest BCUT2D eigenvalue weighted by Gasteiger charge is -2.19. The summed E-state index contributed by atoms with van der Waals surface area (Å²) in [6.45, 7) is 1.28. The van der Waals surface area contributed by atoms with Crippen LogP contribution in [0.3, 0.4) is 0 Å². The number of halogens is 2. The van der Waals surface area contributed by atoms with E-state index in [0.29, 0.717) is 18.8 Å². The number of hydrogen-bond donors (Lipinski definition) is 0. The molecule has 1 aliphatic rings. The molecule has 0 N–H and O–H groups in total. The number of fused-ring (bicyclic) bond motifs is 1. The van der Waals surface area contributed by atoms with Gasteiger partial charge in [-0.3, -0.25) is 4.79 Å². The van der Waals surface area contributed by atoms with Gasteiger partial charge in [-0.2, -0.15) is 0 Å². The molecule has 2 rings (SSSR count). The molecule has 86 valence electrons. The van der Waals surface area contributed by atoms with Gasteiger partial charge in [0.2, 0.25) is 0 Å². The average Bonchev–Trinajstić information content (AvgIpc) is 2.36. The predicted molar refractivity (Wildman–Crippen MR) is 64.3 cm³/mol. The lowest BCUT2D eigenvalue weighted by atomic mass is 10.1. The molecule has 16 heavy (non-hydrogen) atoms. The number of anilines is 1. The van der Waals surface area contributed by atoms with E-state index in [4.69, 9.17) is 0 Å². The molecule has 1 aromatic carbocycles. The number of nitrogens with zero attached hydrogens (tertiary/aromatic N) is 2. The van der Waals surface area contributed by atoms with Crippen molar-refractivity contribution in [3.05, 3.63) is 28.0 Å². The second-order valence-electron chi connectivity index (χ2n) is 3.90. The largest absolute Gasteiger partial charge is 0.371 e. The molecule has 0 spiro atoms. The first-order valence-corrected chi connectivity index (χ1v) is 5.76. The third kappa shape index (κ3) is 1.69. The van der Waals surface area contributed by atoms with Gasteiger partial charge in [0.25, 0.3) is 5.91 Å². The van der Waals surface area contributed by atoms with E-state index in [9.17, 15) is 9.18 Å². The van der Waals surface area contributed by atoms with Crippen LogP contribution in [-0.2, 0) is 0 Å². The first-order valence-electron chi connectivity index (χ1n) is 4.97. The second kappa shape index (κ2) is 4.05. The molecule has 0 aliphatic carbocycles. The quantitative estimate of drug-likeness (QED) is 0.729. The Hall–Kier alpha value is -1.10. The van der Waals surface area contributed by atoms with Gasteiger partial charge in [-0.15, -0.1) is 0 Å². The number of amides is 1. The molecule has 0 saturated carbocycles. The van der Waals surface area contributed by atoms with Crippen molar-refractivity contribution >= 4 is 27.5 Å². The van der Waals surface area contributed by atoms with Crippen LogP contribution in [0, 0.1) is 5.82 Å². The summed E-state index contributed by atoms with van der Waals surface area (Å²) in [6.07, 6.45) is 0. The van der Waals surface area contributed by atoms with E-state index in [-0.39, 0.29) is 11.5 Å². The van der Waals surface area contributed by atoms with Gasteiger partial charge < -0.3 is 9.80 Å². The summed E-state index contributed by atoms with van der Waals surface area (Å²) in [5.41, 5.74) is 0.784. The van der Waals surface area contributed by atoms with Crippen molar-refractivity contribution in [1.29, 1.82) is 0 Å². The molecule has 0 aromatic heterocycles. The number of likely N-dealkylation sites (N-methyl/N-ethyl adjacent to an activating group) is 2. The lowest BCUT2D eigenvalue weighted by molar-refractivity contribution is 0.0800. The van der Waals surface area contributed by atoms with Crippen LogP contribution >= 0.6 is 15.9 Å². The van der Waals surface area contributed by atoms with E-state index in [0.717, 1.165) is 4.47 Å². The third-order valence-corrected chi connectivity index (χ3v) is 3.43. The van der Waals surface area contributed by atoms with Crippen LogP contribution in [0.4, 0.5) is 10.1 Å². The van der Waals surface area contributed by atoms with Crippen LogP contribution in [0.15, 0.2) is 16.6 Å². The minimum absolute atomic E-state index is 0.150. The van der Waals surface area contributed by atoms with Crippen LogP contribution in [0.1, 0.15) is 10.4 Å². The molecule has 0 fully saturated rings. The molecule has 0 saturated heterocycles. The topological polar surface area (TPSA) is 23.6 Å². The fraction of sp³-hybridized carbons (Fsp3) is 0.364. The summed E-state index contributed by atoms with van der Waals surface area (Å²) in [5, 5.41) is 0. The number of benzene rings is 1. The number of carbonyl (C=O) groups is 1. The van der Waals surface area contributed by atoms with Crippen molar-refractivity contribution in [2.75, 3.05) is 32.1 Å². The van der Waals surface area contributed by atoms with Crippen molar-refractivity contribution in [3.63, 3.8) is 0 Å². The molecular weight excluding hydrogens is 275 g/mol. The van der Waals surface area contributed by atoms with E-state index in [1.54, 1.807) is 13.1 Å². The van der Waals surface area contributed by atoms with E-state index >= 15 is 0 Å². The highest BCUT2D eigenvalue weighted by Gasteiger charge is 2.27. The number of hydrogen-bond acceptors (Lipinski definition) is 2. The van der Waals surface area contributed by atoms with Gasteiger partial charge in [-0.05, 0) is 28.1 Å². The van der Waals surface area contributed by atoms with Gasteiger partial charge in [0.15, 0.2) is 0 Å². The van der Waals surface area contributed by atoms with E-state index in [1.165, 1.54) is 11.0 Å². The van der Waals surface area contributed by atoms with Gasteiger partial charge in [0.05, 0.1) is 11.3 Å². The molecule has 1 heterocycles. The van der Waals surface area contributed by atoms with Crippen molar-refractivity contribution in [1.82, 2.24) is 4.90 Å². The molecule has 1 amide bonds. The van der Waals surface area contributed by atoms with Gasteiger partial charge in [-0.1, -0.05) is 0 Å². The Balaban J connectivity index is 2.69. The smallest absolute Gasteiger partial charge is 0.258 e. The Morgan fingerprint density at radius 1 is 1.25 bits per heavy atom. The van der Waals surface area contributed by atoms with Crippen molar-refractivity contribution in [2.24, 2.45) is 0 Å². The summed E-state index contributed by atoms with van der Waals surface area (Å²) in [4.78, 5) is 15.4. The SMILES string of the molecule is CN1CCN(C)c2c(Br)ccc(F)c2C1=O. The molecule has 3 nitrogen and oxygen atoms in total. The molecule has 0 radical (unpaired) electrons. The number of rotatable bonds is 0. The Labute approximate surface area is 102 Å². The van der Waals surface area contributed by atoms with Crippen LogP contribution in [0.25, 0.3) is 0 Å². The highest BCUT2D eigenvalue weighted by Crippen LogP contribution is 2.33. The summed E-state index contributed by atoms with van der Waals surface area (Å²) in [7, 11) is 3.54. The Morgan fingerprint density at radius 2 is 1.88 bits per heavy atom. The Morgan fingerprint density at radius 3 is 2.56 bits per heavy atom. The molecule has 0 bridgehead atoms. The summed E-state index contributed by atoms with van der Waals surface area (Å²) >= 11 is 3.36. The standard InChI is InChI=1S/C11H12BrFN2O/c1-14-5-6-15(2)11(16)9-8(13)4-3-7(12)10(9)14/h3-4H,5-6H2,1-2H3. The monoisotopic (exact) mass is 286 g/mol. The zero-order valence-corrected chi connectivity index (χ0v) is 10.7. The fourth-order valence-corrected chi connectivity index (χ4v) is 2.46. The first-order chi connectivity index (χ1) is 7.52. The van der Waals surface area contributed by atoms with Gasteiger partial charge in [-0.25, -0.2) is 4.39 Å². The van der Waals surface area contributed by atoms with Crippen molar-refractivity contribution in [2.45, 2.75) is 0 Å². The van der Waals surface area contributed by atoms with Crippen LogP contribution in [0.2, 0.25) is 0 Å². The maximum absolute atomic E-state index is 13.7. The number of carbonyl (C=O) groups excluding carboxylic acids is 1. The van der Waals surface area contributed by atoms with E-state index in [2.05, 4.69) is 15.9 Å². The second-order valence-corrected chi connectivity index (χ2v) is 4.76. The normalized spacial score (nSPS) is 16.1.